The van der Waals surface area contributed by atoms with E-state index in [1.54, 1.807) is 21.3 Å². The number of benzene rings is 2. The molecule has 0 radical (unpaired) electrons. The third-order valence-electron chi connectivity index (χ3n) is 5.06. The average molecular weight is 371 g/mol. The van der Waals surface area contributed by atoms with E-state index in [0.717, 1.165) is 52.4 Å². The van der Waals surface area contributed by atoms with Gasteiger partial charge in [0.15, 0.2) is 11.5 Å². The molecule has 0 aliphatic carbocycles. The molecule has 0 heterocycles. The van der Waals surface area contributed by atoms with Crippen molar-refractivity contribution in [3.63, 3.8) is 0 Å². The van der Waals surface area contributed by atoms with Crippen molar-refractivity contribution in [2.45, 2.75) is 13.3 Å². The summed E-state index contributed by atoms with van der Waals surface area (Å²) in [6, 6.07) is 12.2. The molecule has 0 aromatic heterocycles. The lowest BCUT2D eigenvalue weighted by molar-refractivity contribution is -0.888. The number of ether oxygens (including phenoxy) is 3. The van der Waals surface area contributed by atoms with Crippen LogP contribution in [0.3, 0.4) is 0 Å². The Kier molecular flexibility index (Phi) is 7.31. The first-order chi connectivity index (χ1) is 12.9. The maximum atomic E-state index is 5.51. The Balaban J connectivity index is 2.34. The molecule has 0 amide bonds. The van der Waals surface area contributed by atoms with Gasteiger partial charge in [-0.05, 0) is 47.9 Å². The predicted octanol–water partition coefficient (Wildman–Crippen LogP) is 4.52. The molecule has 27 heavy (non-hydrogen) atoms. The van der Waals surface area contributed by atoms with Crippen molar-refractivity contribution in [3.8, 4) is 17.2 Å². The van der Waals surface area contributed by atoms with Gasteiger partial charge in [-0.1, -0.05) is 24.3 Å². The number of rotatable bonds is 9. The molecule has 2 aromatic carbocycles. The molecule has 0 spiro atoms. The SMILES string of the molecule is CC[N+](C)(C)CCc1cc(OC)c(OC)cc1/C=C/c1ccc(OC)cc1. The molecule has 0 aliphatic rings. The zero-order chi connectivity index (χ0) is 19.9. The van der Waals surface area contributed by atoms with Gasteiger partial charge >= 0.3 is 0 Å². The van der Waals surface area contributed by atoms with Crippen LogP contribution in [0.15, 0.2) is 36.4 Å². The molecule has 0 bridgehead atoms. The molecule has 0 atom stereocenters. The molecule has 0 unspecified atom stereocenters. The summed E-state index contributed by atoms with van der Waals surface area (Å²) in [7, 11) is 9.55. The van der Waals surface area contributed by atoms with E-state index < -0.39 is 0 Å². The van der Waals surface area contributed by atoms with Crippen LogP contribution in [0, 0.1) is 0 Å². The summed E-state index contributed by atoms with van der Waals surface area (Å²) in [4.78, 5) is 0. The van der Waals surface area contributed by atoms with E-state index in [1.807, 2.05) is 24.3 Å². The van der Waals surface area contributed by atoms with Crippen LogP contribution < -0.4 is 14.2 Å². The maximum Gasteiger partial charge on any atom is 0.161 e. The first kappa shape index (κ1) is 20.8. The van der Waals surface area contributed by atoms with E-state index in [-0.39, 0.29) is 0 Å². The van der Waals surface area contributed by atoms with Crippen molar-refractivity contribution in [2.24, 2.45) is 0 Å². The van der Waals surface area contributed by atoms with Gasteiger partial charge in [0.25, 0.3) is 0 Å². The lowest BCUT2D eigenvalue weighted by Crippen LogP contribution is -2.40. The minimum atomic E-state index is 0.750. The fourth-order valence-corrected chi connectivity index (χ4v) is 2.79. The van der Waals surface area contributed by atoms with Crippen LogP contribution in [-0.4, -0.2) is 53.0 Å². The van der Waals surface area contributed by atoms with E-state index in [1.165, 1.54) is 5.56 Å². The van der Waals surface area contributed by atoms with Crippen LogP contribution in [0.1, 0.15) is 23.6 Å². The Bertz CT molecular complexity index is 764. The first-order valence-electron chi connectivity index (χ1n) is 9.31. The lowest BCUT2D eigenvalue weighted by atomic mass is 10.0. The van der Waals surface area contributed by atoms with Crippen LogP contribution >= 0.6 is 0 Å². The number of likely N-dealkylation sites (N-methyl/N-ethyl adjacent to an activating group) is 1. The highest BCUT2D eigenvalue weighted by atomic mass is 16.5. The molecule has 4 heteroatoms. The van der Waals surface area contributed by atoms with Crippen LogP contribution in [0.5, 0.6) is 17.2 Å². The Morgan fingerprint density at radius 3 is 2.04 bits per heavy atom. The maximum absolute atomic E-state index is 5.51. The smallest absolute Gasteiger partial charge is 0.161 e. The minimum Gasteiger partial charge on any atom is -0.497 e. The van der Waals surface area contributed by atoms with Crippen LogP contribution in [0.25, 0.3) is 12.2 Å². The van der Waals surface area contributed by atoms with Gasteiger partial charge in [0, 0.05) is 6.42 Å². The second kappa shape index (κ2) is 9.47. The Morgan fingerprint density at radius 1 is 0.852 bits per heavy atom. The number of hydrogen-bond acceptors (Lipinski definition) is 3. The summed E-state index contributed by atoms with van der Waals surface area (Å²) in [5.41, 5.74) is 3.54. The van der Waals surface area contributed by atoms with E-state index in [9.17, 15) is 0 Å². The summed E-state index contributed by atoms with van der Waals surface area (Å²) in [5.74, 6) is 2.38. The Hall–Kier alpha value is -2.46. The normalized spacial score (nSPS) is 11.6. The van der Waals surface area contributed by atoms with Crippen LogP contribution in [-0.2, 0) is 6.42 Å². The zero-order valence-corrected chi connectivity index (χ0v) is 17.4. The highest BCUT2D eigenvalue weighted by Gasteiger charge is 2.15. The Labute approximate surface area is 163 Å². The van der Waals surface area contributed by atoms with Gasteiger partial charge in [-0.3, -0.25) is 0 Å². The minimum absolute atomic E-state index is 0.750. The van der Waals surface area contributed by atoms with Crippen LogP contribution in [0.4, 0.5) is 0 Å². The van der Waals surface area contributed by atoms with Gasteiger partial charge in [-0.15, -0.1) is 0 Å². The van der Waals surface area contributed by atoms with E-state index in [0.29, 0.717) is 0 Å². The summed E-state index contributed by atoms with van der Waals surface area (Å²) >= 11 is 0. The standard InChI is InChI=1S/C23H32NO3/c1-7-24(2,3)15-14-20-17-23(27-6)22(26-5)16-19(20)11-8-18-9-12-21(25-4)13-10-18/h8-13,16-17H,7,14-15H2,1-6H3/q+1/b11-8+. The van der Waals surface area contributed by atoms with Gasteiger partial charge < -0.3 is 18.7 Å². The third-order valence-corrected chi connectivity index (χ3v) is 5.06. The molecule has 0 N–H and O–H groups in total. The van der Waals surface area contributed by atoms with Gasteiger partial charge in [-0.25, -0.2) is 0 Å². The molecule has 2 rings (SSSR count). The molecule has 0 aliphatic heterocycles. The van der Waals surface area contributed by atoms with Gasteiger partial charge in [0.05, 0.1) is 48.5 Å². The highest BCUT2D eigenvalue weighted by Crippen LogP contribution is 2.32. The number of quaternary nitrogens is 1. The van der Waals surface area contributed by atoms with Gasteiger partial charge in [0.1, 0.15) is 5.75 Å². The quantitative estimate of drug-likeness (QED) is 0.480. The average Bonchev–Trinajstić information content (AvgIpc) is 2.70. The van der Waals surface area contributed by atoms with Gasteiger partial charge in [-0.2, -0.15) is 0 Å². The largest absolute Gasteiger partial charge is 0.497 e. The summed E-state index contributed by atoms with van der Waals surface area (Å²) < 4.78 is 17.2. The topological polar surface area (TPSA) is 27.7 Å². The molecule has 4 nitrogen and oxygen atoms in total. The Morgan fingerprint density at radius 2 is 1.48 bits per heavy atom. The molecule has 146 valence electrons. The third kappa shape index (κ3) is 5.76. The lowest BCUT2D eigenvalue weighted by Gasteiger charge is -2.28. The van der Waals surface area contributed by atoms with Gasteiger partial charge in [0.2, 0.25) is 0 Å². The fraction of sp³-hybridized carbons (Fsp3) is 0.391. The monoisotopic (exact) mass is 370 g/mol. The number of nitrogens with zero attached hydrogens (tertiary/aromatic N) is 1. The summed E-state index contributed by atoms with van der Waals surface area (Å²) in [6.07, 6.45) is 5.23. The van der Waals surface area contributed by atoms with Crippen molar-refractivity contribution in [2.75, 3.05) is 48.5 Å². The molecular formula is C23H32NO3+. The van der Waals surface area contributed by atoms with Crippen LogP contribution in [0.2, 0.25) is 0 Å². The number of hydrogen-bond donors (Lipinski definition) is 0. The zero-order valence-electron chi connectivity index (χ0n) is 17.4. The van der Waals surface area contributed by atoms with E-state index in [4.69, 9.17) is 14.2 Å². The highest BCUT2D eigenvalue weighted by molar-refractivity contribution is 5.73. The predicted molar refractivity (Wildman–Crippen MR) is 113 cm³/mol. The first-order valence-corrected chi connectivity index (χ1v) is 9.31. The van der Waals surface area contributed by atoms with Crippen molar-refractivity contribution in [1.82, 2.24) is 0 Å². The second-order valence-corrected chi connectivity index (χ2v) is 7.24. The van der Waals surface area contributed by atoms with E-state index >= 15 is 0 Å². The molecule has 0 saturated carbocycles. The molecular weight excluding hydrogens is 338 g/mol. The fourth-order valence-electron chi connectivity index (χ4n) is 2.79. The number of methoxy groups -OCH3 is 3. The molecule has 0 fully saturated rings. The summed E-state index contributed by atoms with van der Waals surface area (Å²) in [5, 5.41) is 0. The van der Waals surface area contributed by atoms with Crippen molar-refractivity contribution < 1.29 is 18.7 Å². The summed E-state index contributed by atoms with van der Waals surface area (Å²) in [6.45, 7) is 4.39. The molecule has 0 saturated heterocycles. The van der Waals surface area contributed by atoms with Crippen molar-refractivity contribution >= 4 is 12.2 Å². The van der Waals surface area contributed by atoms with E-state index in [2.05, 4.69) is 45.3 Å². The molecule has 2 aromatic rings. The van der Waals surface area contributed by atoms with Crippen molar-refractivity contribution in [3.05, 3.63) is 53.1 Å². The second-order valence-electron chi connectivity index (χ2n) is 7.24. The van der Waals surface area contributed by atoms with Crippen molar-refractivity contribution in [1.29, 1.82) is 0 Å².